The van der Waals surface area contributed by atoms with E-state index in [1.165, 1.54) is 6.08 Å². The van der Waals surface area contributed by atoms with Gasteiger partial charge in [-0.15, -0.1) is 6.58 Å². The van der Waals surface area contributed by atoms with Crippen LogP contribution in [0.2, 0.25) is 0 Å². The number of rotatable bonds is 13. The van der Waals surface area contributed by atoms with Gasteiger partial charge in [-0.05, 0) is 65.8 Å². The smallest absolute Gasteiger partial charge is 0.307 e. The Morgan fingerprint density at radius 3 is 2.26 bits per heavy atom. The van der Waals surface area contributed by atoms with Crippen LogP contribution in [0.4, 0.5) is 5.69 Å². The molecule has 0 radical (unpaired) electrons. The molecule has 1 aliphatic heterocycles. The van der Waals surface area contributed by atoms with E-state index >= 15 is 0 Å². The van der Waals surface area contributed by atoms with Gasteiger partial charge in [-0.1, -0.05) is 98.8 Å². The molecule has 2 unspecified atom stereocenters. The van der Waals surface area contributed by atoms with Crippen LogP contribution in [0.25, 0.3) is 0 Å². The molecule has 4 aromatic carbocycles. The largest absolute Gasteiger partial charge is 0.481 e. The number of hydrogen-bond acceptors (Lipinski definition) is 5. The van der Waals surface area contributed by atoms with Gasteiger partial charge in [0.25, 0.3) is 5.91 Å². The van der Waals surface area contributed by atoms with Crippen LogP contribution in [0.15, 0.2) is 122 Å². The highest BCUT2D eigenvalue weighted by Crippen LogP contribution is 2.36. The molecule has 242 valence electrons. The highest BCUT2D eigenvalue weighted by Gasteiger charge is 2.39. The highest BCUT2D eigenvalue weighted by molar-refractivity contribution is 6.01. The summed E-state index contributed by atoms with van der Waals surface area (Å²) in [7, 11) is 0. The number of nitrogens with zero attached hydrogens (tertiary/aromatic N) is 1. The van der Waals surface area contributed by atoms with Gasteiger partial charge in [-0.2, -0.15) is 0 Å². The quantitative estimate of drug-likeness (QED) is 0.136. The minimum Gasteiger partial charge on any atom is -0.481 e. The third-order valence-electron chi connectivity index (χ3n) is 8.31. The summed E-state index contributed by atoms with van der Waals surface area (Å²) in [6, 6.07) is 34.1. The molecule has 0 saturated carbocycles. The van der Waals surface area contributed by atoms with E-state index in [0.717, 1.165) is 16.7 Å². The number of anilines is 1. The second-order valence-corrected chi connectivity index (χ2v) is 12.2. The summed E-state index contributed by atoms with van der Waals surface area (Å²) >= 11 is 0. The van der Waals surface area contributed by atoms with E-state index in [1.807, 2.05) is 123 Å². The first-order valence-corrected chi connectivity index (χ1v) is 15.9. The maximum Gasteiger partial charge on any atom is 0.307 e. The first kappa shape index (κ1) is 33.2. The SMILES string of the molecule is C=CC[C@H](C(=O)O)[C@@H](CC(C)C)C(=O)NC1NC(c2ccccc2)c2ccccc2N(Cc2cccc(Oc3ccccc3)c2)C1=O. The second-order valence-electron chi connectivity index (χ2n) is 12.2. The average Bonchev–Trinajstić information content (AvgIpc) is 3.18. The lowest BCUT2D eigenvalue weighted by molar-refractivity contribution is -0.148. The minimum atomic E-state index is -1.14. The predicted octanol–water partition coefficient (Wildman–Crippen LogP) is 7.09. The zero-order valence-corrected chi connectivity index (χ0v) is 26.7. The van der Waals surface area contributed by atoms with Gasteiger partial charge in [-0.25, -0.2) is 0 Å². The van der Waals surface area contributed by atoms with Crippen molar-refractivity contribution in [3.8, 4) is 11.5 Å². The Kier molecular flexibility index (Phi) is 10.9. The fourth-order valence-electron chi connectivity index (χ4n) is 6.11. The number of carbonyl (C=O) groups is 3. The first-order chi connectivity index (χ1) is 22.7. The van der Waals surface area contributed by atoms with E-state index in [1.54, 1.807) is 4.90 Å². The maximum absolute atomic E-state index is 14.6. The summed E-state index contributed by atoms with van der Waals surface area (Å²) in [5.74, 6) is -2.37. The van der Waals surface area contributed by atoms with Crippen molar-refractivity contribution in [2.45, 2.75) is 45.4 Å². The average molecular weight is 632 g/mol. The van der Waals surface area contributed by atoms with Gasteiger partial charge in [-0.3, -0.25) is 19.7 Å². The van der Waals surface area contributed by atoms with Crippen LogP contribution in [0, 0.1) is 17.8 Å². The third kappa shape index (κ3) is 8.15. The molecular weight excluding hydrogens is 590 g/mol. The van der Waals surface area contributed by atoms with Crippen LogP contribution in [0.1, 0.15) is 49.4 Å². The van der Waals surface area contributed by atoms with Crippen LogP contribution in [-0.2, 0) is 20.9 Å². The van der Waals surface area contributed by atoms with Crippen molar-refractivity contribution >= 4 is 23.5 Å². The molecular formula is C39H41N3O5. The molecule has 5 rings (SSSR count). The maximum atomic E-state index is 14.6. The molecule has 8 heteroatoms. The van der Waals surface area contributed by atoms with Gasteiger partial charge in [0.05, 0.1) is 24.4 Å². The van der Waals surface area contributed by atoms with Crippen molar-refractivity contribution in [3.63, 3.8) is 0 Å². The molecule has 0 bridgehead atoms. The number of allylic oxidation sites excluding steroid dienone is 1. The van der Waals surface area contributed by atoms with Gasteiger partial charge >= 0.3 is 5.97 Å². The monoisotopic (exact) mass is 631 g/mol. The van der Waals surface area contributed by atoms with E-state index in [9.17, 15) is 19.5 Å². The minimum absolute atomic E-state index is 0.0541. The molecule has 4 atom stereocenters. The number of carboxylic acid groups (broad SMARTS) is 1. The fraction of sp³-hybridized carbons (Fsp3) is 0.256. The first-order valence-electron chi connectivity index (χ1n) is 15.9. The Morgan fingerprint density at radius 1 is 0.915 bits per heavy atom. The Hall–Kier alpha value is -5.21. The topological polar surface area (TPSA) is 108 Å². The Balaban J connectivity index is 1.52. The molecule has 3 N–H and O–H groups in total. The Bertz CT molecular complexity index is 1690. The van der Waals surface area contributed by atoms with Gasteiger partial charge < -0.3 is 20.1 Å². The standard InChI is InChI=1S/C39H41N3O5/c1-4-14-31(39(45)46)33(23-26(2)3)37(43)41-36-38(44)42(25-27-15-13-20-30(24-27)47-29-18-9-6-10-19-29)34-22-12-11-21-32(34)35(40-36)28-16-7-5-8-17-28/h4-13,15-22,24,26,31,33,35-36,40H,1,14,23,25H2,2-3H3,(H,41,43)(H,45,46)/t31-,33+,35?,36?/m0/s1. The Labute approximate surface area is 276 Å². The molecule has 47 heavy (non-hydrogen) atoms. The van der Waals surface area contributed by atoms with Crippen molar-refractivity contribution in [1.29, 1.82) is 0 Å². The molecule has 0 aliphatic carbocycles. The number of carboxylic acids is 1. The number of para-hydroxylation sites is 2. The van der Waals surface area contributed by atoms with Gasteiger partial charge in [0.1, 0.15) is 11.5 Å². The molecule has 1 aliphatic rings. The molecule has 0 saturated heterocycles. The summed E-state index contributed by atoms with van der Waals surface area (Å²) in [4.78, 5) is 42.5. The fourth-order valence-corrected chi connectivity index (χ4v) is 6.11. The Morgan fingerprint density at radius 2 is 1.57 bits per heavy atom. The van der Waals surface area contributed by atoms with Crippen LogP contribution in [-0.4, -0.2) is 29.1 Å². The van der Waals surface area contributed by atoms with E-state index < -0.39 is 35.9 Å². The van der Waals surface area contributed by atoms with E-state index in [4.69, 9.17) is 4.74 Å². The van der Waals surface area contributed by atoms with Crippen molar-refractivity contribution in [1.82, 2.24) is 10.6 Å². The number of fused-ring (bicyclic) bond motifs is 1. The summed E-state index contributed by atoms with van der Waals surface area (Å²) in [5, 5.41) is 16.4. The molecule has 0 fully saturated rings. The van der Waals surface area contributed by atoms with E-state index in [-0.39, 0.29) is 24.8 Å². The summed E-state index contributed by atoms with van der Waals surface area (Å²) in [6.45, 7) is 7.81. The van der Waals surface area contributed by atoms with Gasteiger partial charge in [0.15, 0.2) is 6.17 Å². The summed E-state index contributed by atoms with van der Waals surface area (Å²) in [6.07, 6.45) is 0.861. The number of hydrogen-bond donors (Lipinski definition) is 3. The van der Waals surface area contributed by atoms with Crippen LogP contribution >= 0.6 is 0 Å². The van der Waals surface area contributed by atoms with Gasteiger partial charge in [0.2, 0.25) is 5.91 Å². The second kappa shape index (κ2) is 15.4. The number of nitrogens with one attached hydrogen (secondary N) is 2. The summed E-state index contributed by atoms with van der Waals surface area (Å²) in [5.41, 5.74) is 3.33. The normalized spacial score (nSPS) is 17.3. The van der Waals surface area contributed by atoms with Crippen molar-refractivity contribution in [2.75, 3.05) is 4.90 Å². The molecule has 2 amide bonds. The van der Waals surface area contributed by atoms with Crippen molar-refractivity contribution in [2.24, 2.45) is 17.8 Å². The molecule has 0 aromatic heterocycles. The van der Waals surface area contributed by atoms with E-state index in [0.29, 0.717) is 23.6 Å². The van der Waals surface area contributed by atoms with E-state index in [2.05, 4.69) is 17.2 Å². The molecule has 8 nitrogen and oxygen atoms in total. The number of carbonyl (C=O) groups excluding carboxylic acids is 2. The number of benzene rings is 4. The predicted molar refractivity (Wildman–Crippen MR) is 183 cm³/mol. The number of ether oxygens (including phenoxy) is 1. The van der Waals surface area contributed by atoms with Crippen molar-refractivity contribution in [3.05, 3.63) is 139 Å². The van der Waals surface area contributed by atoms with Crippen LogP contribution in [0.5, 0.6) is 11.5 Å². The zero-order chi connectivity index (χ0) is 33.3. The van der Waals surface area contributed by atoms with Gasteiger partial charge in [0, 0.05) is 5.69 Å². The molecule has 0 spiro atoms. The molecule has 1 heterocycles. The van der Waals surface area contributed by atoms with Crippen LogP contribution < -0.4 is 20.3 Å². The number of aliphatic carboxylic acids is 1. The lowest BCUT2D eigenvalue weighted by Crippen LogP contribution is -2.57. The summed E-state index contributed by atoms with van der Waals surface area (Å²) < 4.78 is 6.07. The molecule has 4 aromatic rings. The van der Waals surface area contributed by atoms with Crippen LogP contribution in [0.3, 0.4) is 0 Å². The number of amides is 2. The third-order valence-corrected chi connectivity index (χ3v) is 8.31. The zero-order valence-electron chi connectivity index (χ0n) is 26.7. The van der Waals surface area contributed by atoms with Crippen molar-refractivity contribution < 1.29 is 24.2 Å². The lowest BCUT2D eigenvalue weighted by atomic mass is 9.82. The lowest BCUT2D eigenvalue weighted by Gasteiger charge is -2.29. The highest BCUT2D eigenvalue weighted by atomic mass is 16.5.